The minimum atomic E-state index is -0.393. The van der Waals surface area contributed by atoms with Gasteiger partial charge < -0.3 is 11.1 Å². The highest BCUT2D eigenvalue weighted by Crippen LogP contribution is 2.12. The van der Waals surface area contributed by atoms with E-state index in [9.17, 15) is 4.79 Å². The lowest BCUT2D eigenvalue weighted by molar-refractivity contribution is -0.122. The summed E-state index contributed by atoms with van der Waals surface area (Å²) >= 11 is 1.63. The van der Waals surface area contributed by atoms with Crippen LogP contribution in [0.3, 0.4) is 0 Å². The average molecular weight is 241 g/mol. The molecule has 1 aromatic heterocycles. The van der Waals surface area contributed by atoms with Crippen LogP contribution in [0.4, 0.5) is 0 Å². The van der Waals surface area contributed by atoms with Crippen molar-refractivity contribution >= 4 is 17.2 Å². The summed E-state index contributed by atoms with van der Waals surface area (Å²) in [6, 6.07) is -0.393. The Morgan fingerprint density at radius 3 is 2.94 bits per heavy atom. The Labute approximate surface area is 100 Å². The number of nitrogens with two attached hydrogens (primary N) is 1. The third kappa shape index (κ3) is 3.90. The zero-order valence-corrected chi connectivity index (χ0v) is 10.6. The predicted molar refractivity (Wildman–Crippen MR) is 66.2 cm³/mol. The van der Waals surface area contributed by atoms with Crippen molar-refractivity contribution in [2.75, 3.05) is 0 Å². The fraction of sp³-hybridized carbons (Fsp3) is 0.636. The molecule has 0 unspecified atom stereocenters. The molecule has 4 nitrogen and oxygen atoms in total. The van der Waals surface area contributed by atoms with Crippen molar-refractivity contribution in [1.29, 1.82) is 0 Å². The highest BCUT2D eigenvalue weighted by atomic mass is 32.1. The number of amides is 1. The molecule has 1 aromatic rings. The Morgan fingerprint density at radius 2 is 2.38 bits per heavy atom. The van der Waals surface area contributed by atoms with Crippen molar-refractivity contribution in [2.24, 2.45) is 5.73 Å². The van der Waals surface area contributed by atoms with E-state index in [0.29, 0.717) is 6.54 Å². The second-order valence-electron chi connectivity index (χ2n) is 3.69. The van der Waals surface area contributed by atoms with Crippen LogP contribution in [0.2, 0.25) is 0 Å². The van der Waals surface area contributed by atoms with Crippen LogP contribution in [0, 0.1) is 0 Å². The van der Waals surface area contributed by atoms with E-state index >= 15 is 0 Å². The normalized spacial score (nSPS) is 12.4. The molecular weight excluding hydrogens is 222 g/mol. The molecule has 0 aliphatic rings. The fourth-order valence-electron chi connectivity index (χ4n) is 1.33. The van der Waals surface area contributed by atoms with E-state index in [1.165, 1.54) is 4.88 Å². The van der Waals surface area contributed by atoms with Gasteiger partial charge in [-0.05, 0) is 12.8 Å². The van der Waals surface area contributed by atoms with Crippen LogP contribution in [0.1, 0.15) is 36.6 Å². The number of carbonyl (C=O) groups is 1. The van der Waals surface area contributed by atoms with Crippen molar-refractivity contribution in [2.45, 2.75) is 45.7 Å². The Morgan fingerprint density at radius 1 is 1.62 bits per heavy atom. The first-order valence-electron chi connectivity index (χ1n) is 5.64. The molecular formula is C11H19N3OS. The van der Waals surface area contributed by atoms with E-state index in [4.69, 9.17) is 5.73 Å². The SMILES string of the molecule is CCC[C@@H](N)C(=O)NCc1ncc(CC)s1. The van der Waals surface area contributed by atoms with Crippen LogP contribution in [-0.2, 0) is 17.8 Å². The van der Waals surface area contributed by atoms with Gasteiger partial charge in [-0.25, -0.2) is 4.98 Å². The molecule has 1 amide bonds. The molecule has 0 bridgehead atoms. The van der Waals surface area contributed by atoms with Crippen LogP contribution in [-0.4, -0.2) is 16.9 Å². The van der Waals surface area contributed by atoms with Gasteiger partial charge in [0.25, 0.3) is 0 Å². The van der Waals surface area contributed by atoms with E-state index in [1.54, 1.807) is 11.3 Å². The standard InChI is InChI=1S/C11H19N3OS/c1-3-5-9(12)11(15)14-7-10-13-6-8(4-2)16-10/h6,9H,3-5,7,12H2,1-2H3,(H,14,15)/t9-/m1/s1. The summed E-state index contributed by atoms with van der Waals surface area (Å²) in [5.74, 6) is -0.0879. The Kier molecular flexibility index (Phi) is 5.42. The number of hydrogen-bond donors (Lipinski definition) is 2. The zero-order valence-electron chi connectivity index (χ0n) is 9.82. The van der Waals surface area contributed by atoms with Gasteiger partial charge >= 0.3 is 0 Å². The average Bonchev–Trinajstić information content (AvgIpc) is 2.74. The number of nitrogens with zero attached hydrogens (tertiary/aromatic N) is 1. The zero-order chi connectivity index (χ0) is 12.0. The lowest BCUT2D eigenvalue weighted by atomic mass is 10.2. The van der Waals surface area contributed by atoms with Gasteiger partial charge in [0.05, 0.1) is 12.6 Å². The summed E-state index contributed by atoms with van der Waals surface area (Å²) in [5.41, 5.74) is 5.69. The topological polar surface area (TPSA) is 68.0 Å². The van der Waals surface area contributed by atoms with Crippen LogP contribution >= 0.6 is 11.3 Å². The maximum Gasteiger partial charge on any atom is 0.237 e. The number of hydrogen-bond acceptors (Lipinski definition) is 4. The van der Waals surface area contributed by atoms with Gasteiger partial charge in [-0.1, -0.05) is 20.3 Å². The molecule has 0 fully saturated rings. The van der Waals surface area contributed by atoms with E-state index in [2.05, 4.69) is 17.2 Å². The number of aryl methyl sites for hydroxylation is 1. The summed E-state index contributed by atoms with van der Waals surface area (Å²) in [6.07, 6.45) is 4.49. The minimum Gasteiger partial charge on any atom is -0.348 e. The smallest absolute Gasteiger partial charge is 0.237 e. The Balaban J connectivity index is 2.36. The third-order valence-electron chi connectivity index (χ3n) is 2.30. The van der Waals surface area contributed by atoms with Crippen molar-refractivity contribution in [3.63, 3.8) is 0 Å². The molecule has 0 saturated heterocycles. The number of aromatic nitrogens is 1. The summed E-state index contributed by atoms with van der Waals surface area (Å²) in [7, 11) is 0. The highest BCUT2D eigenvalue weighted by molar-refractivity contribution is 7.11. The fourth-order valence-corrected chi connectivity index (χ4v) is 2.13. The maximum atomic E-state index is 11.5. The van der Waals surface area contributed by atoms with Gasteiger partial charge in [-0.2, -0.15) is 0 Å². The van der Waals surface area contributed by atoms with Crippen molar-refractivity contribution < 1.29 is 4.79 Å². The molecule has 1 rings (SSSR count). The minimum absolute atomic E-state index is 0.0879. The summed E-state index contributed by atoms with van der Waals surface area (Å²) < 4.78 is 0. The summed E-state index contributed by atoms with van der Waals surface area (Å²) in [4.78, 5) is 17.0. The number of thiazole rings is 1. The quantitative estimate of drug-likeness (QED) is 0.792. The first-order valence-corrected chi connectivity index (χ1v) is 6.45. The molecule has 5 heteroatoms. The van der Waals surface area contributed by atoms with E-state index in [-0.39, 0.29) is 5.91 Å². The molecule has 0 aromatic carbocycles. The number of rotatable bonds is 6. The molecule has 3 N–H and O–H groups in total. The predicted octanol–water partition coefficient (Wildman–Crippen LogP) is 1.45. The summed E-state index contributed by atoms with van der Waals surface area (Å²) in [6.45, 7) is 4.59. The molecule has 16 heavy (non-hydrogen) atoms. The molecule has 1 atom stereocenters. The lowest BCUT2D eigenvalue weighted by Gasteiger charge is -2.09. The van der Waals surface area contributed by atoms with Crippen LogP contribution in [0.25, 0.3) is 0 Å². The van der Waals surface area contributed by atoms with Crippen molar-refractivity contribution in [3.8, 4) is 0 Å². The molecule has 1 heterocycles. The van der Waals surface area contributed by atoms with Gasteiger partial charge in [0.2, 0.25) is 5.91 Å². The molecule has 0 aliphatic carbocycles. The van der Waals surface area contributed by atoms with Gasteiger partial charge in [-0.3, -0.25) is 4.79 Å². The number of nitrogens with one attached hydrogen (secondary N) is 1. The molecule has 0 radical (unpaired) electrons. The lowest BCUT2D eigenvalue weighted by Crippen LogP contribution is -2.40. The molecule has 0 aliphatic heterocycles. The Bertz CT molecular complexity index is 338. The Hall–Kier alpha value is -0.940. The molecule has 0 spiro atoms. The van der Waals surface area contributed by atoms with Crippen molar-refractivity contribution in [1.82, 2.24) is 10.3 Å². The highest BCUT2D eigenvalue weighted by Gasteiger charge is 2.12. The monoisotopic (exact) mass is 241 g/mol. The second-order valence-corrected chi connectivity index (χ2v) is 4.89. The maximum absolute atomic E-state index is 11.5. The molecule has 90 valence electrons. The third-order valence-corrected chi connectivity index (χ3v) is 3.44. The second kappa shape index (κ2) is 6.60. The molecule has 0 saturated carbocycles. The van der Waals surface area contributed by atoms with E-state index in [0.717, 1.165) is 24.3 Å². The van der Waals surface area contributed by atoms with Crippen LogP contribution in [0.5, 0.6) is 0 Å². The van der Waals surface area contributed by atoms with Gasteiger partial charge in [0.15, 0.2) is 0 Å². The van der Waals surface area contributed by atoms with Crippen molar-refractivity contribution in [3.05, 3.63) is 16.1 Å². The van der Waals surface area contributed by atoms with E-state index < -0.39 is 6.04 Å². The first kappa shape index (κ1) is 13.1. The summed E-state index contributed by atoms with van der Waals surface area (Å²) in [5, 5.41) is 3.74. The van der Waals surface area contributed by atoms with E-state index in [1.807, 2.05) is 13.1 Å². The first-order chi connectivity index (χ1) is 7.67. The largest absolute Gasteiger partial charge is 0.348 e. The van der Waals surface area contributed by atoms with Gasteiger partial charge in [0, 0.05) is 11.1 Å². The van der Waals surface area contributed by atoms with Crippen LogP contribution < -0.4 is 11.1 Å². The number of carbonyl (C=O) groups excluding carboxylic acids is 1. The van der Waals surface area contributed by atoms with Gasteiger partial charge in [0.1, 0.15) is 5.01 Å². The van der Waals surface area contributed by atoms with Gasteiger partial charge in [-0.15, -0.1) is 11.3 Å². The van der Waals surface area contributed by atoms with Crippen LogP contribution in [0.15, 0.2) is 6.20 Å².